The Bertz CT molecular complexity index is 1290. The quantitative estimate of drug-likeness (QED) is 0.328. The molecule has 194 valence electrons. The number of carbonyl (C=O) groups is 2. The van der Waals surface area contributed by atoms with Gasteiger partial charge in [0.25, 0.3) is 0 Å². The van der Waals surface area contributed by atoms with Gasteiger partial charge in [0, 0.05) is 41.9 Å². The molecule has 2 aromatic heterocycles. The Morgan fingerprint density at radius 3 is 2.35 bits per heavy atom. The highest BCUT2D eigenvalue weighted by Gasteiger charge is 2.22. The van der Waals surface area contributed by atoms with Gasteiger partial charge < -0.3 is 20.1 Å². The van der Waals surface area contributed by atoms with Crippen molar-refractivity contribution in [2.45, 2.75) is 31.8 Å². The van der Waals surface area contributed by atoms with Crippen LogP contribution in [0.1, 0.15) is 24.0 Å². The van der Waals surface area contributed by atoms with E-state index in [0.29, 0.717) is 6.04 Å². The molecule has 37 heavy (non-hydrogen) atoms. The average Bonchev–Trinajstić information content (AvgIpc) is 3.59. The maximum atomic E-state index is 9.10. The van der Waals surface area contributed by atoms with Crippen LogP contribution < -0.4 is 0 Å². The van der Waals surface area contributed by atoms with Crippen LogP contribution in [-0.4, -0.2) is 84.4 Å². The Labute approximate surface area is 215 Å². The zero-order valence-corrected chi connectivity index (χ0v) is 20.8. The number of likely N-dealkylation sites (tertiary alicyclic amines) is 1. The molecule has 2 aromatic carbocycles. The molecule has 1 aliphatic rings. The number of piperidine rings is 1. The highest BCUT2D eigenvalue weighted by atomic mass is 16.4. The summed E-state index contributed by atoms with van der Waals surface area (Å²) in [4.78, 5) is 26.8. The molecule has 0 radical (unpaired) electrons. The summed E-state index contributed by atoms with van der Waals surface area (Å²) in [6, 6.07) is 18.0. The number of benzene rings is 2. The van der Waals surface area contributed by atoms with Gasteiger partial charge in [0.05, 0.1) is 0 Å². The standard InChI is InChI=1S/C25H30N6.C2H2O4/c1-29(22-10-13-30(14-11-22)17-20-5-3-2-4-6-20)12-9-21-16-26-25-8-7-23(15-24(21)25)31-18-27-28-19-31;3-1(4)2(5)6/h2-8,15-16,18-19,22,26H,9-14,17H2,1H3;(H,3,4)(H,5,6). The fourth-order valence-corrected chi connectivity index (χ4v) is 4.71. The van der Waals surface area contributed by atoms with Crippen LogP contribution in [0.3, 0.4) is 0 Å². The summed E-state index contributed by atoms with van der Waals surface area (Å²) in [7, 11) is 2.29. The molecule has 0 atom stereocenters. The SMILES string of the molecule is CN(CCc1c[nH]c2ccc(-n3cnnc3)cc12)C1CCN(Cc2ccccc2)CC1.O=C(O)C(=O)O. The summed E-state index contributed by atoms with van der Waals surface area (Å²) < 4.78 is 1.95. The van der Waals surface area contributed by atoms with E-state index in [1.807, 2.05) is 4.57 Å². The fraction of sp³-hybridized carbons (Fsp3) is 0.333. The summed E-state index contributed by atoms with van der Waals surface area (Å²) in [5.41, 5.74) is 5.07. The molecule has 1 aliphatic heterocycles. The molecule has 3 heterocycles. The summed E-state index contributed by atoms with van der Waals surface area (Å²) in [6.07, 6.45) is 9.18. The van der Waals surface area contributed by atoms with Gasteiger partial charge in [0.15, 0.2) is 0 Å². The predicted molar refractivity (Wildman–Crippen MR) is 140 cm³/mol. The summed E-state index contributed by atoms with van der Waals surface area (Å²) >= 11 is 0. The molecular formula is C27H32N6O4. The van der Waals surface area contributed by atoms with Crippen molar-refractivity contribution in [1.82, 2.24) is 29.5 Å². The van der Waals surface area contributed by atoms with E-state index in [0.717, 1.165) is 25.2 Å². The molecule has 0 spiro atoms. The van der Waals surface area contributed by atoms with Crippen LogP contribution >= 0.6 is 0 Å². The highest BCUT2D eigenvalue weighted by molar-refractivity contribution is 6.27. The van der Waals surface area contributed by atoms with Gasteiger partial charge in [-0.25, -0.2) is 9.59 Å². The van der Waals surface area contributed by atoms with Gasteiger partial charge in [0.1, 0.15) is 12.7 Å². The number of likely N-dealkylation sites (N-methyl/N-ethyl adjacent to an activating group) is 1. The number of nitrogens with one attached hydrogen (secondary N) is 1. The van der Waals surface area contributed by atoms with Gasteiger partial charge in [-0.05, 0) is 68.7 Å². The third kappa shape index (κ3) is 7.02. The van der Waals surface area contributed by atoms with Gasteiger partial charge in [-0.2, -0.15) is 0 Å². The molecule has 1 saturated heterocycles. The second-order valence-corrected chi connectivity index (χ2v) is 9.25. The smallest absolute Gasteiger partial charge is 0.414 e. The van der Waals surface area contributed by atoms with Gasteiger partial charge >= 0.3 is 11.9 Å². The minimum Gasteiger partial charge on any atom is -0.473 e. The lowest BCUT2D eigenvalue weighted by atomic mass is 10.0. The number of H-pyrrole nitrogens is 1. The Morgan fingerprint density at radius 1 is 1.03 bits per heavy atom. The lowest BCUT2D eigenvalue weighted by Crippen LogP contribution is -2.43. The zero-order chi connectivity index (χ0) is 26.2. The molecule has 1 fully saturated rings. The lowest BCUT2D eigenvalue weighted by Gasteiger charge is -2.36. The molecule has 0 bridgehead atoms. The molecular weight excluding hydrogens is 472 g/mol. The molecule has 3 N–H and O–H groups in total. The summed E-state index contributed by atoms with van der Waals surface area (Å²) in [5.74, 6) is -3.65. The number of aliphatic carboxylic acids is 2. The zero-order valence-electron chi connectivity index (χ0n) is 20.8. The van der Waals surface area contributed by atoms with Crippen molar-refractivity contribution < 1.29 is 19.8 Å². The maximum absolute atomic E-state index is 9.10. The van der Waals surface area contributed by atoms with Crippen molar-refractivity contribution >= 4 is 22.8 Å². The second-order valence-electron chi connectivity index (χ2n) is 9.25. The third-order valence-electron chi connectivity index (χ3n) is 6.81. The van der Waals surface area contributed by atoms with Crippen molar-refractivity contribution in [3.8, 4) is 5.69 Å². The van der Waals surface area contributed by atoms with Crippen LogP contribution in [0.15, 0.2) is 67.4 Å². The lowest BCUT2D eigenvalue weighted by molar-refractivity contribution is -0.159. The van der Waals surface area contributed by atoms with Crippen LogP contribution in [0.4, 0.5) is 0 Å². The molecule has 10 nitrogen and oxygen atoms in total. The molecule has 10 heteroatoms. The largest absolute Gasteiger partial charge is 0.473 e. The number of aromatic amines is 1. The molecule has 0 aliphatic carbocycles. The van der Waals surface area contributed by atoms with Crippen LogP contribution in [-0.2, 0) is 22.6 Å². The Morgan fingerprint density at radius 2 is 1.70 bits per heavy atom. The normalized spacial score (nSPS) is 14.4. The van der Waals surface area contributed by atoms with E-state index in [1.165, 1.54) is 48.0 Å². The van der Waals surface area contributed by atoms with E-state index < -0.39 is 11.9 Å². The van der Waals surface area contributed by atoms with Crippen molar-refractivity contribution in [2.75, 3.05) is 26.7 Å². The number of hydrogen-bond acceptors (Lipinski definition) is 6. The number of aromatic nitrogens is 4. The average molecular weight is 505 g/mol. The first kappa shape index (κ1) is 26.1. The topological polar surface area (TPSA) is 128 Å². The van der Waals surface area contributed by atoms with Gasteiger partial charge in [-0.3, -0.25) is 9.47 Å². The van der Waals surface area contributed by atoms with E-state index in [9.17, 15) is 0 Å². The highest BCUT2D eigenvalue weighted by Crippen LogP contribution is 2.23. The number of fused-ring (bicyclic) bond motifs is 1. The molecule has 0 saturated carbocycles. The minimum absolute atomic E-state index is 0.671. The van der Waals surface area contributed by atoms with Gasteiger partial charge in [-0.1, -0.05) is 30.3 Å². The predicted octanol–water partition coefficient (Wildman–Crippen LogP) is 3.04. The van der Waals surface area contributed by atoms with E-state index >= 15 is 0 Å². The van der Waals surface area contributed by atoms with Crippen molar-refractivity contribution in [2.24, 2.45) is 0 Å². The first-order valence-corrected chi connectivity index (χ1v) is 12.3. The number of hydrogen-bond donors (Lipinski definition) is 3. The van der Waals surface area contributed by atoms with E-state index in [-0.39, 0.29) is 0 Å². The maximum Gasteiger partial charge on any atom is 0.414 e. The van der Waals surface area contributed by atoms with E-state index in [1.54, 1.807) is 12.7 Å². The summed E-state index contributed by atoms with van der Waals surface area (Å²) in [5, 5.41) is 23.9. The van der Waals surface area contributed by atoms with E-state index in [4.69, 9.17) is 19.8 Å². The molecule has 0 amide bonds. The van der Waals surface area contributed by atoms with Crippen molar-refractivity contribution in [3.63, 3.8) is 0 Å². The van der Waals surface area contributed by atoms with E-state index in [2.05, 4.69) is 86.8 Å². The number of carboxylic acids is 2. The first-order chi connectivity index (χ1) is 17.9. The number of rotatable bonds is 7. The van der Waals surface area contributed by atoms with Crippen LogP contribution in [0.5, 0.6) is 0 Å². The van der Waals surface area contributed by atoms with Crippen LogP contribution in [0, 0.1) is 0 Å². The van der Waals surface area contributed by atoms with Crippen molar-refractivity contribution in [3.05, 3.63) is 78.5 Å². The van der Waals surface area contributed by atoms with Crippen LogP contribution in [0.25, 0.3) is 16.6 Å². The number of nitrogens with zero attached hydrogens (tertiary/aromatic N) is 5. The van der Waals surface area contributed by atoms with Gasteiger partial charge in [-0.15, -0.1) is 10.2 Å². The monoisotopic (exact) mass is 504 g/mol. The first-order valence-electron chi connectivity index (χ1n) is 12.3. The minimum atomic E-state index is -1.82. The van der Waals surface area contributed by atoms with Crippen LogP contribution in [0.2, 0.25) is 0 Å². The number of carboxylic acid groups (broad SMARTS) is 2. The summed E-state index contributed by atoms with van der Waals surface area (Å²) in [6.45, 7) is 4.51. The molecule has 5 rings (SSSR count). The van der Waals surface area contributed by atoms with Gasteiger partial charge in [0.2, 0.25) is 0 Å². The Balaban J connectivity index is 0.000000480. The van der Waals surface area contributed by atoms with Crippen molar-refractivity contribution in [1.29, 1.82) is 0 Å². The fourth-order valence-electron chi connectivity index (χ4n) is 4.71. The Kier molecular flexibility index (Phi) is 8.65. The molecule has 4 aromatic rings. The third-order valence-corrected chi connectivity index (χ3v) is 6.81. The second kappa shape index (κ2) is 12.3. The Hall–Kier alpha value is -4.02. The molecule has 0 unspecified atom stereocenters.